The molecule has 0 bridgehead atoms. The van der Waals surface area contributed by atoms with E-state index in [1.54, 1.807) is 60.7 Å². The Kier molecular flexibility index (Phi) is 11.3. The van der Waals surface area contributed by atoms with Gasteiger partial charge in [-0.3, -0.25) is 19.0 Å². The van der Waals surface area contributed by atoms with Gasteiger partial charge in [-0.2, -0.15) is 4.98 Å². The first kappa shape index (κ1) is 33.2. The Labute approximate surface area is 257 Å². The SMILES string of the molecule is Nc1ccn(CC(=O)NC(Cc2ccccc2)C(=O)NC(Cc2ccccc2)C(=O)NC2C(O)OC(CO)C(O)C2O)c(=O)n1. The lowest BCUT2D eigenvalue weighted by atomic mass is 9.96. The molecule has 1 aromatic heterocycles. The van der Waals surface area contributed by atoms with Gasteiger partial charge in [0.05, 0.1) is 6.61 Å². The van der Waals surface area contributed by atoms with Crippen molar-refractivity contribution in [2.75, 3.05) is 12.3 Å². The van der Waals surface area contributed by atoms with Crippen molar-refractivity contribution in [3.05, 3.63) is 94.5 Å². The fourth-order valence-electron chi connectivity index (χ4n) is 4.87. The molecule has 1 saturated heterocycles. The lowest BCUT2D eigenvalue weighted by Crippen LogP contribution is -2.66. The molecule has 15 heteroatoms. The summed E-state index contributed by atoms with van der Waals surface area (Å²) in [6, 6.07) is 14.9. The summed E-state index contributed by atoms with van der Waals surface area (Å²) in [6.07, 6.45) is -5.03. The molecule has 0 aliphatic carbocycles. The van der Waals surface area contributed by atoms with Crippen molar-refractivity contribution in [1.82, 2.24) is 25.5 Å². The van der Waals surface area contributed by atoms with E-state index >= 15 is 0 Å². The number of aromatic nitrogens is 2. The molecule has 7 unspecified atom stereocenters. The van der Waals surface area contributed by atoms with Gasteiger partial charge in [0, 0.05) is 19.0 Å². The zero-order valence-corrected chi connectivity index (χ0v) is 24.1. The fraction of sp³-hybridized carbons (Fsp3) is 0.367. The summed E-state index contributed by atoms with van der Waals surface area (Å²) in [7, 11) is 0. The maximum Gasteiger partial charge on any atom is 0.349 e. The molecule has 7 atom stereocenters. The average Bonchev–Trinajstić information content (AvgIpc) is 3.02. The molecule has 0 spiro atoms. The number of aliphatic hydroxyl groups excluding tert-OH is 4. The highest BCUT2D eigenvalue weighted by Gasteiger charge is 2.45. The van der Waals surface area contributed by atoms with Gasteiger partial charge in [-0.1, -0.05) is 60.7 Å². The third kappa shape index (κ3) is 8.93. The van der Waals surface area contributed by atoms with E-state index in [2.05, 4.69) is 20.9 Å². The van der Waals surface area contributed by atoms with Crippen molar-refractivity contribution in [3.63, 3.8) is 0 Å². The maximum atomic E-state index is 13.7. The van der Waals surface area contributed by atoms with E-state index in [-0.39, 0.29) is 18.7 Å². The summed E-state index contributed by atoms with van der Waals surface area (Å²) < 4.78 is 6.15. The van der Waals surface area contributed by atoms with E-state index in [0.29, 0.717) is 11.1 Å². The molecule has 9 N–H and O–H groups in total. The first-order valence-corrected chi connectivity index (χ1v) is 14.2. The molecule has 3 aromatic rings. The number of aliphatic hydroxyl groups is 4. The summed E-state index contributed by atoms with van der Waals surface area (Å²) in [5, 5.41) is 48.2. The van der Waals surface area contributed by atoms with E-state index in [9.17, 15) is 39.6 Å². The topological polar surface area (TPSA) is 238 Å². The van der Waals surface area contributed by atoms with Gasteiger partial charge >= 0.3 is 5.69 Å². The number of nitrogens with two attached hydrogens (primary N) is 1. The Bertz CT molecular complexity index is 1510. The standard InChI is InChI=1S/C30H36N6O9/c31-22-11-12-36(30(44)34-22)15-23(38)32-19(13-17-7-3-1-4-8-17)27(41)33-20(14-18-9-5-2-6-10-18)28(42)35-24-26(40)25(39)21(16-37)45-29(24)43/h1-12,19-21,24-26,29,37,39-40,43H,13-16H2,(H,32,38)(H,33,41)(H,35,42)(H2,31,34,44). The van der Waals surface area contributed by atoms with Crippen molar-refractivity contribution in [3.8, 4) is 0 Å². The Morgan fingerprint density at radius 1 is 0.867 bits per heavy atom. The minimum absolute atomic E-state index is 0.0109. The van der Waals surface area contributed by atoms with Gasteiger partial charge in [0.2, 0.25) is 17.7 Å². The Morgan fingerprint density at radius 3 is 2.00 bits per heavy atom. The summed E-state index contributed by atoms with van der Waals surface area (Å²) in [4.78, 5) is 56.0. The summed E-state index contributed by atoms with van der Waals surface area (Å²) in [5.41, 5.74) is 6.13. The number of nitrogens with zero attached hydrogens (tertiary/aromatic N) is 2. The summed E-state index contributed by atoms with van der Waals surface area (Å²) >= 11 is 0. The third-order valence-electron chi connectivity index (χ3n) is 7.27. The van der Waals surface area contributed by atoms with Crippen LogP contribution in [0.2, 0.25) is 0 Å². The van der Waals surface area contributed by atoms with Crippen molar-refractivity contribution < 1.29 is 39.5 Å². The zero-order chi connectivity index (χ0) is 32.5. The van der Waals surface area contributed by atoms with Crippen molar-refractivity contribution >= 4 is 23.5 Å². The minimum Gasteiger partial charge on any atom is -0.394 e. The van der Waals surface area contributed by atoms with Crippen molar-refractivity contribution in [2.45, 2.75) is 62.1 Å². The number of nitrogens with one attached hydrogen (secondary N) is 3. The van der Waals surface area contributed by atoms with E-state index in [0.717, 1.165) is 4.57 Å². The number of hydrogen-bond acceptors (Lipinski definition) is 11. The normalized spacial score (nSPS) is 22.5. The molecule has 0 saturated carbocycles. The van der Waals surface area contributed by atoms with Crippen LogP contribution in [-0.4, -0.2) is 97.0 Å². The molecule has 2 heterocycles. The molecule has 45 heavy (non-hydrogen) atoms. The maximum absolute atomic E-state index is 13.7. The first-order valence-electron chi connectivity index (χ1n) is 14.2. The van der Waals surface area contributed by atoms with Crippen LogP contribution in [0.4, 0.5) is 5.82 Å². The fourth-order valence-corrected chi connectivity index (χ4v) is 4.87. The predicted octanol–water partition coefficient (Wildman–Crippen LogP) is -2.80. The van der Waals surface area contributed by atoms with Gasteiger partial charge in [0.1, 0.15) is 48.8 Å². The van der Waals surface area contributed by atoms with E-state index in [4.69, 9.17) is 10.5 Å². The molecule has 4 rings (SSSR count). The Balaban J connectivity index is 1.55. The van der Waals surface area contributed by atoms with Crippen LogP contribution in [0.15, 0.2) is 77.7 Å². The number of carbonyl (C=O) groups is 3. The minimum atomic E-state index is -1.77. The van der Waals surface area contributed by atoms with E-state index in [1.165, 1.54) is 12.3 Å². The lowest BCUT2D eigenvalue weighted by molar-refractivity contribution is -0.254. The number of anilines is 1. The van der Waals surface area contributed by atoms with Gasteiger partial charge in [-0.25, -0.2) is 4.79 Å². The number of carbonyl (C=O) groups excluding carboxylic acids is 3. The largest absolute Gasteiger partial charge is 0.394 e. The van der Waals surface area contributed by atoms with Gasteiger partial charge in [0.25, 0.3) is 0 Å². The van der Waals surface area contributed by atoms with Crippen LogP contribution in [0.25, 0.3) is 0 Å². The highest BCUT2D eigenvalue weighted by molar-refractivity contribution is 5.92. The van der Waals surface area contributed by atoms with Crippen LogP contribution >= 0.6 is 0 Å². The second-order valence-electron chi connectivity index (χ2n) is 10.6. The summed E-state index contributed by atoms with van der Waals surface area (Å²) in [5.74, 6) is -2.24. The number of benzene rings is 2. The molecule has 1 fully saturated rings. The predicted molar refractivity (Wildman–Crippen MR) is 159 cm³/mol. The second-order valence-corrected chi connectivity index (χ2v) is 10.6. The molecule has 3 amide bonds. The van der Waals surface area contributed by atoms with Crippen LogP contribution in [0.1, 0.15) is 11.1 Å². The van der Waals surface area contributed by atoms with Gasteiger partial charge in [-0.15, -0.1) is 0 Å². The first-order chi connectivity index (χ1) is 21.5. The summed E-state index contributed by atoms with van der Waals surface area (Å²) in [6.45, 7) is -1.13. The van der Waals surface area contributed by atoms with E-state index < -0.39 is 79.3 Å². The van der Waals surface area contributed by atoms with Crippen LogP contribution in [0.3, 0.4) is 0 Å². The number of amides is 3. The Morgan fingerprint density at radius 2 is 1.44 bits per heavy atom. The van der Waals surface area contributed by atoms with Gasteiger partial charge in [-0.05, 0) is 17.2 Å². The van der Waals surface area contributed by atoms with Crippen LogP contribution < -0.4 is 27.4 Å². The van der Waals surface area contributed by atoms with Crippen molar-refractivity contribution in [2.24, 2.45) is 0 Å². The van der Waals surface area contributed by atoms with Crippen LogP contribution in [-0.2, 0) is 38.5 Å². The van der Waals surface area contributed by atoms with Crippen molar-refractivity contribution in [1.29, 1.82) is 0 Å². The van der Waals surface area contributed by atoms with Gasteiger partial charge in [0.15, 0.2) is 6.29 Å². The number of nitrogen functional groups attached to an aromatic ring is 1. The second kappa shape index (κ2) is 15.4. The number of hydrogen-bond donors (Lipinski definition) is 8. The highest BCUT2D eigenvalue weighted by atomic mass is 16.6. The molecule has 1 aliphatic rings. The van der Waals surface area contributed by atoms with Crippen LogP contribution in [0, 0.1) is 0 Å². The van der Waals surface area contributed by atoms with Crippen LogP contribution in [0.5, 0.6) is 0 Å². The van der Waals surface area contributed by atoms with E-state index in [1.807, 2.05) is 0 Å². The number of rotatable bonds is 12. The lowest BCUT2D eigenvalue weighted by Gasteiger charge is -2.40. The number of ether oxygens (including phenoxy) is 1. The molecule has 0 radical (unpaired) electrons. The smallest absolute Gasteiger partial charge is 0.349 e. The molecular weight excluding hydrogens is 588 g/mol. The molecule has 15 nitrogen and oxygen atoms in total. The highest BCUT2D eigenvalue weighted by Crippen LogP contribution is 2.20. The molecule has 2 aromatic carbocycles. The third-order valence-corrected chi connectivity index (χ3v) is 7.27. The molecule has 1 aliphatic heterocycles. The Hall–Kier alpha value is -4.67. The van der Waals surface area contributed by atoms with Gasteiger partial charge < -0.3 is 46.8 Å². The molecule has 240 valence electrons. The zero-order valence-electron chi connectivity index (χ0n) is 24.1. The molecular formula is C30H36N6O9. The monoisotopic (exact) mass is 624 g/mol. The quantitative estimate of drug-likeness (QED) is 0.102. The average molecular weight is 625 g/mol.